The highest BCUT2D eigenvalue weighted by Crippen LogP contribution is 2.13. The van der Waals surface area contributed by atoms with Crippen LogP contribution in [0.2, 0.25) is 0 Å². The van der Waals surface area contributed by atoms with E-state index >= 15 is 0 Å². The van der Waals surface area contributed by atoms with Gasteiger partial charge in [-0.15, -0.1) is 10.2 Å². The van der Waals surface area contributed by atoms with E-state index in [1.807, 2.05) is 7.05 Å². The van der Waals surface area contributed by atoms with Crippen molar-refractivity contribution in [3.05, 3.63) is 5.01 Å². The van der Waals surface area contributed by atoms with Gasteiger partial charge in [-0.25, -0.2) is 0 Å². The molecule has 0 aliphatic heterocycles. The summed E-state index contributed by atoms with van der Waals surface area (Å²) in [6.45, 7) is 5.67. The molecule has 1 rings (SSSR count). The molecule has 0 radical (unpaired) electrons. The number of carbonyl (C=O) groups excluding carboxylic acids is 1. The van der Waals surface area contributed by atoms with Crippen LogP contribution in [-0.2, 0) is 0 Å². The van der Waals surface area contributed by atoms with E-state index in [2.05, 4.69) is 39.6 Å². The minimum Gasteiger partial charge on any atom is -0.363 e. The Hall–Kier alpha value is -1.21. The molecule has 6 nitrogen and oxygen atoms in total. The minimum atomic E-state index is -0.166. The van der Waals surface area contributed by atoms with Crippen LogP contribution in [0, 0.1) is 0 Å². The minimum absolute atomic E-state index is 0.166. The third-order valence-electron chi connectivity index (χ3n) is 2.46. The maximum absolute atomic E-state index is 11.7. The Morgan fingerprint density at radius 2 is 2.18 bits per heavy atom. The zero-order chi connectivity index (χ0) is 12.8. The van der Waals surface area contributed by atoms with Crippen LogP contribution in [-0.4, -0.2) is 54.2 Å². The van der Waals surface area contributed by atoms with E-state index in [-0.39, 0.29) is 5.91 Å². The summed E-state index contributed by atoms with van der Waals surface area (Å²) >= 11 is 1.25. The van der Waals surface area contributed by atoms with Crippen LogP contribution >= 0.6 is 11.3 Å². The predicted molar refractivity (Wildman–Crippen MR) is 69.6 cm³/mol. The highest BCUT2D eigenvalue weighted by molar-refractivity contribution is 7.17. The first-order valence-corrected chi connectivity index (χ1v) is 6.36. The zero-order valence-corrected chi connectivity index (χ0v) is 11.5. The fraction of sp³-hybridized carbons (Fsp3) is 0.700. The Bertz CT molecular complexity index is 365. The van der Waals surface area contributed by atoms with Crippen molar-refractivity contribution in [3.8, 4) is 0 Å². The van der Waals surface area contributed by atoms with E-state index in [0.29, 0.717) is 22.7 Å². The predicted octanol–water partition coefficient (Wildman–Crippen LogP) is 0.650. The average molecular weight is 257 g/mol. The summed E-state index contributed by atoms with van der Waals surface area (Å²) in [6.07, 6.45) is 0. The standard InChI is InChI=1S/C10H19N5OS/c1-7(2)15(4)6-5-12-8(16)9-13-14-10(11-3)17-9/h7H,5-6H2,1-4H3,(H,11,14)(H,12,16). The molecule has 0 saturated carbocycles. The van der Waals surface area contributed by atoms with Crippen LogP contribution in [0.5, 0.6) is 0 Å². The average Bonchev–Trinajstić information content (AvgIpc) is 2.77. The first kappa shape index (κ1) is 13.9. The lowest BCUT2D eigenvalue weighted by atomic mass is 10.3. The molecule has 0 aliphatic rings. The highest BCUT2D eigenvalue weighted by atomic mass is 32.1. The van der Waals surface area contributed by atoms with Crippen LogP contribution in [0.1, 0.15) is 23.6 Å². The van der Waals surface area contributed by atoms with Gasteiger partial charge in [-0.2, -0.15) is 0 Å². The van der Waals surface area contributed by atoms with Crippen LogP contribution in [0.25, 0.3) is 0 Å². The van der Waals surface area contributed by atoms with Crippen molar-refractivity contribution in [3.63, 3.8) is 0 Å². The molecular formula is C10H19N5OS. The number of hydrogen-bond acceptors (Lipinski definition) is 6. The van der Waals surface area contributed by atoms with Crippen molar-refractivity contribution in [2.45, 2.75) is 19.9 Å². The van der Waals surface area contributed by atoms with Gasteiger partial charge in [0.25, 0.3) is 5.91 Å². The summed E-state index contributed by atoms with van der Waals surface area (Å²) in [6, 6.07) is 0.476. The molecule has 7 heteroatoms. The second-order valence-corrected chi connectivity index (χ2v) is 4.97. The topological polar surface area (TPSA) is 70.1 Å². The number of nitrogens with zero attached hydrogens (tertiary/aromatic N) is 3. The number of anilines is 1. The summed E-state index contributed by atoms with van der Waals surface area (Å²) in [5.41, 5.74) is 0. The maximum atomic E-state index is 11.7. The number of nitrogens with one attached hydrogen (secondary N) is 2. The van der Waals surface area contributed by atoms with E-state index in [4.69, 9.17) is 0 Å². The van der Waals surface area contributed by atoms with Crippen molar-refractivity contribution < 1.29 is 4.79 Å². The third-order valence-corrected chi connectivity index (χ3v) is 3.40. The molecule has 0 bridgehead atoms. The molecule has 0 saturated heterocycles. The van der Waals surface area contributed by atoms with Crippen molar-refractivity contribution in [2.24, 2.45) is 0 Å². The van der Waals surface area contributed by atoms with Gasteiger partial charge < -0.3 is 15.5 Å². The van der Waals surface area contributed by atoms with Crippen molar-refractivity contribution in [1.82, 2.24) is 20.4 Å². The van der Waals surface area contributed by atoms with Gasteiger partial charge in [0.15, 0.2) is 0 Å². The van der Waals surface area contributed by atoms with Gasteiger partial charge in [-0.3, -0.25) is 4.79 Å². The molecule has 1 aromatic heterocycles. The first-order chi connectivity index (χ1) is 8.04. The van der Waals surface area contributed by atoms with Gasteiger partial charge in [0.05, 0.1) is 0 Å². The summed E-state index contributed by atoms with van der Waals surface area (Å²) in [4.78, 5) is 13.8. The second-order valence-electron chi connectivity index (χ2n) is 3.99. The molecule has 96 valence electrons. The van der Waals surface area contributed by atoms with Crippen molar-refractivity contribution in [1.29, 1.82) is 0 Å². The van der Waals surface area contributed by atoms with E-state index in [0.717, 1.165) is 6.54 Å². The van der Waals surface area contributed by atoms with Gasteiger partial charge in [0.1, 0.15) is 0 Å². The van der Waals surface area contributed by atoms with E-state index in [1.54, 1.807) is 7.05 Å². The third kappa shape index (κ3) is 4.27. The zero-order valence-electron chi connectivity index (χ0n) is 10.6. The number of rotatable bonds is 6. The molecule has 1 heterocycles. The maximum Gasteiger partial charge on any atom is 0.282 e. The fourth-order valence-corrected chi connectivity index (χ4v) is 1.71. The fourth-order valence-electron chi connectivity index (χ4n) is 1.10. The number of hydrogen-bond donors (Lipinski definition) is 2. The molecule has 1 aromatic rings. The van der Waals surface area contributed by atoms with Crippen molar-refractivity contribution >= 4 is 22.4 Å². The number of carbonyl (C=O) groups is 1. The van der Waals surface area contributed by atoms with Crippen LogP contribution in [0.3, 0.4) is 0 Å². The Morgan fingerprint density at radius 1 is 1.47 bits per heavy atom. The van der Waals surface area contributed by atoms with Crippen LogP contribution in [0.15, 0.2) is 0 Å². The second kappa shape index (κ2) is 6.51. The molecule has 2 N–H and O–H groups in total. The SMILES string of the molecule is CNc1nnc(C(=O)NCCN(C)C(C)C)s1. The Morgan fingerprint density at radius 3 is 2.71 bits per heavy atom. The number of likely N-dealkylation sites (N-methyl/N-ethyl adjacent to an activating group) is 1. The largest absolute Gasteiger partial charge is 0.363 e. The first-order valence-electron chi connectivity index (χ1n) is 5.54. The van der Waals surface area contributed by atoms with Gasteiger partial charge >= 0.3 is 0 Å². The lowest BCUT2D eigenvalue weighted by molar-refractivity contribution is 0.0947. The van der Waals surface area contributed by atoms with Crippen molar-refractivity contribution in [2.75, 3.05) is 32.5 Å². The van der Waals surface area contributed by atoms with Gasteiger partial charge in [-0.1, -0.05) is 11.3 Å². The van der Waals surface area contributed by atoms with Crippen LogP contribution in [0.4, 0.5) is 5.13 Å². The van der Waals surface area contributed by atoms with Gasteiger partial charge in [0.2, 0.25) is 10.1 Å². The quantitative estimate of drug-likeness (QED) is 0.783. The van der Waals surface area contributed by atoms with E-state index < -0.39 is 0 Å². The van der Waals surface area contributed by atoms with Crippen LogP contribution < -0.4 is 10.6 Å². The summed E-state index contributed by atoms with van der Waals surface area (Å²) in [7, 11) is 3.78. The lowest BCUT2D eigenvalue weighted by Gasteiger charge is -2.20. The number of amides is 1. The normalized spacial score (nSPS) is 10.9. The molecule has 0 aromatic carbocycles. The molecule has 0 fully saturated rings. The Labute approximate surface area is 105 Å². The summed E-state index contributed by atoms with van der Waals surface area (Å²) in [5.74, 6) is -0.166. The summed E-state index contributed by atoms with van der Waals surface area (Å²) < 4.78 is 0. The van der Waals surface area contributed by atoms with E-state index in [9.17, 15) is 4.79 Å². The van der Waals surface area contributed by atoms with Gasteiger partial charge in [-0.05, 0) is 20.9 Å². The lowest BCUT2D eigenvalue weighted by Crippen LogP contribution is -2.36. The molecule has 0 spiro atoms. The summed E-state index contributed by atoms with van der Waals surface area (Å²) in [5, 5.41) is 14.3. The smallest absolute Gasteiger partial charge is 0.282 e. The van der Waals surface area contributed by atoms with E-state index in [1.165, 1.54) is 11.3 Å². The monoisotopic (exact) mass is 257 g/mol. The highest BCUT2D eigenvalue weighted by Gasteiger charge is 2.12. The molecule has 17 heavy (non-hydrogen) atoms. The Kier molecular flexibility index (Phi) is 5.30. The Balaban J connectivity index is 2.35. The molecule has 0 atom stereocenters. The van der Waals surface area contributed by atoms with Gasteiger partial charge in [0, 0.05) is 26.2 Å². The molecule has 1 amide bonds. The molecule has 0 unspecified atom stereocenters. The molecular weight excluding hydrogens is 238 g/mol. The molecule has 0 aliphatic carbocycles. The number of aromatic nitrogens is 2.